The van der Waals surface area contributed by atoms with Crippen molar-refractivity contribution in [2.24, 2.45) is 5.41 Å². The first-order valence-corrected chi connectivity index (χ1v) is 9.62. The van der Waals surface area contributed by atoms with Crippen LogP contribution in [0.3, 0.4) is 0 Å². The molecule has 0 saturated heterocycles. The van der Waals surface area contributed by atoms with Crippen LogP contribution in [0, 0.1) is 12.3 Å². The number of hydrogen-bond donors (Lipinski definition) is 2. The fourth-order valence-electron chi connectivity index (χ4n) is 4.01. The Kier molecular flexibility index (Phi) is 4.07. The number of nitrogens with two attached hydrogens (primary N) is 1. The summed E-state index contributed by atoms with van der Waals surface area (Å²) in [4.78, 5) is 12.6. The van der Waals surface area contributed by atoms with Gasteiger partial charge in [0.25, 0.3) is 0 Å². The zero-order chi connectivity index (χ0) is 19.5. The number of aryl methyl sites for hydroxylation is 1. The Morgan fingerprint density at radius 3 is 2.56 bits per heavy atom. The Hall–Kier alpha value is -2.34. The number of imidazole rings is 1. The summed E-state index contributed by atoms with van der Waals surface area (Å²) in [5, 5.41) is 5.48. The predicted octanol–water partition coefficient (Wildman–Crippen LogP) is 4.57. The first kappa shape index (κ1) is 18.0. The van der Waals surface area contributed by atoms with Crippen molar-refractivity contribution in [3.8, 4) is 5.69 Å². The summed E-state index contributed by atoms with van der Waals surface area (Å²) in [6.07, 6.45) is 0. The molecule has 142 valence electrons. The van der Waals surface area contributed by atoms with Crippen LogP contribution in [0.5, 0.6) is 0 Å². The summed E-state index contributed by atoms with van der Waals surface area (Å²) >= 11 is 6.23. The smallest absolute Gasteiger partial charge is 0.197 e. The first-order chi connectivity index (χ1) is 12.7. The van der Waals surface area contributed by atoms with Crippen molar-refractivity contribution in [1.29, 1.82) is 0 Å². The van der Waals surface area contributed by atoms with Crippen molar-refractivity contribution in [3.63, 3.8) is 0 Å². The Morgan fingerprint density at radius 1 is 1.22 bits per heavy atom. The SMILES string of the molecule is Cc1[nH]c(N)nc1C1C(c2nc(C(C)C)nn2-c2cccc(Cl)c2)C1(C)C. The Labute approximate surface area is 164 Å². The van der Waals surface area contributed by atoms with Gasteiger partial charge in [-0.1, -0.05) is 45.4 Å². The average molecular weight is 385 g/mol. The highest BCUT2D eigenvalue weighted by molar-refractivity contribution is 6.30. The molecule has 0 aliphatic heterocycles. The molecule has 0 amide bonds. The molecule has 1 fully saturated rings. The van der Waals surface area contributed by atoms with Gasteiger partial charge in [0.15, 0.2) is 11.8 Å². The van der Waals surface area contributed by atoms with Gasteiger partial charge in [0, 0.05) is 28.5 Å². The third-order valence-corrected chi connectivity index (χ3v) is 5.79. The summed E-state index contributed by atoms with van der Waals surface area (Å²) < 4.78 is 1.94. The second-order valence-electron chi connectivity index (χ2n) is 8.28. The van der Waals surface area contributed by atoms with Crippen molar-refractivity contribution in [1.82, 2.24) is 24.7 Å². The van der Waals surface area contributed by atoms with Crippen LogP contribution in [0.1, 0.15) is 68.5 Å². The minimum absolute atomic E-state index is 0.0179. The standard InChI is InChI=1S/C20H25ClN6/c1-10(2)17-25-18(27(26-17)13-8-6-7-12(21)9-13)15-14(20(15,4)5)16-11(3)23-19(22)24-16/h6-10,14-15H,1-5H3,(H3,22,23,24). The van der Waals surface area contributed by atoms with Crippen molar-refractivity contribution in [2.75, 3.05) is 5.73 Å². The number of aromatic nitrogens is 5. The lowest BCUT2D eigenvalue weighted by atomic mass is 10.1. The fraction of sp³-hybridized carbons (Fsp3) is 0.450. The molecule has 0 bridgehead atoms. The highest BCUT2D eigenvalue weighted by Gasteiger charge is 2.63. The predicted molar refractivity (Wildman–Crippen MR) is 107 cm³/mol. The molecule has 1 aliphatic carbocycles. The zero-order valence-corrected chi connectivity index (χ0v) is 17.0. The number of halogens is 1. The number of anilines is 1. The molecular weight excluding hydrogens is 360 g/mol. The van der Waals surface area contributed by atoms with Crippen LogP contribution in [-0.2, 0) is 0 Å². The summed E-state index contributed by atoms with van der Waals surface area (Å²) in [5.74, 6) is 2.95. The first-order valence-electron chi connectivity index (χ1n) is 9.25. The quantitative estimate of drug-likeness (QED) is 0.690. The van der Waals surface area contributed by atoms with Gasteiger partial charge >= 0.3 is 0 Å². The van der Waals surface area contributed by atoms with Crippen molar-refractivity contribution >= 4 is 17.5 Å². The Morgan fingerprint density at radius 2 is 1.96 bits per heavy atom. The van der Waals surface area contributed by atoms with Crippen molar-refractivity contribution in [3.05, 3.63) is 52.3 Å². The average Bonchev–Trinajstić information content (AvgIpc) is 2.91. The maximum Gasteiger partial charge on any atom is 0.197 e. The molecule has 3 N–H and O–H groups in total. The van der Waals surface area contributed by atoms with E-state index in [0.717, 1.165) is 28.7 Å². The van der Waals surface area contributed by atoms with E-state index in [-0.39, 0.29) is 23.2 Å². The highest BCUT2D eigenvalue weighted by Crippen LogP contribution is 2.69. The van der Waals surface area contributed by atoms with E-state index in [4.69, 9.17) is 27.4 Å². The molecule has 2 heterocycles. The van der Waals surface area contributed by atoms with Crippen molar-refractivity contribution < 1.29 is 0 Å². The zero-order valence-electron chi connectivity index (χ0n) is 16.3. The molecule has 4 rings (SSSR count). The molecule has 2 unspecified atom stereocenters. The molecule has 7 heteroatoms. The van der Waals surface area contributed by atoms with Gasteiger partial charge in [-0.3, -0.25) is 0 Å². The van der Waals surface area contributed by atoms with Crippen LogP contribution in [0.2, 0.25) is 5.02 Å². The second-order valence-corrected chi connectivity index (χ2v) is 8.72. The molecule has 2 aromatic heterocycles. The molecule has 3 aromatic rings. The van der Waals surface area contributed by atoms with E-state index in [1.165, 1.54) is 0 Å². The molecule has 1 aromatic carbocycles. The number of nitrogen functional groups attached to an aromatic ring is 1. The van der Waals surface area contributed by atoms with E-state index in [0.29, 0.717) is 11.0 Å². The summed E-state index contributed by atoms with van der Waals surface area (Å²) in [5.41, 5.74) is 8.87. The molecule has 2 atom stereocenters. The van der Waals surface area contributed by atoms with Gasteiger partial charge < -0.3 is 10.7 Å². The minimum atomic E-state index is 0.0179. The number of hydrogen-bond acceptors (Lipinski definition) is 4. The maximum atomic E-state index is 6.23. The molecule has 1 saturated carbocycles. The van der Waals surface area contributed by atoms with Gasteiger partial charge in [0.1, 0.15) is 5.82 Å². The van der Waals surface area contributed by atoms with Crippen LogP contribution in [0.25, 0.3) is 5.69 Å². The van der Waals surface area contributed by atoms with Gasteiger partial charge in [0.2, 0.25) is 0 Å². The summed E-state index contributed by atoms with van der Waals surface area (Å²) in [7, 11) is 0. The largest absolute Gasteiger partial charge is 0.369 e. The van der Waals surface area contributed by atoms with Gasteiger partial charge in [0.05, 0.1) is 11.4 Å². The molecule has 27 heavy (non-hydrogen) atoms. The van der Waals surface area contributed by atoms with E-state index in [1.54, 1.807) is 0 Å². The van der Waals surface area contributed by atoms with Crippen molar-refractivity contribution in [2.45, 2.75) is 52.4 Å². The van der Waals surface area contributed by atoms with Gasteiger partial charge in [-0.2, -0.15) is 5.10 Å². The van der Waals surface area contributed by atoms with E-state index in [1.807, 2.05) is 35.9 Å². The van der Waals surface area contributed by atoms with Gasteiger partial charge in [-0.15, -0.1) is 0 Å². The molecule has 0 radical (unpaired) electrons. The Bertz CT molecular complexity index is 1000. The monoisotopic (exact) mass is 384 g/mol. The summed E-state index contributed by atoms with van der Waals surface area (Å²) in [6, 6.07) is 7.74. The third-order valence-electron chi connectivity index (χ3n) is 5.56. The van der Waals surface area contributed by atoms with E-state index in [9.17, 15) is 0 Å². The highest BCUT2D eigenvalue weighted by atomic mass is 35.5. The van der Waals surface area contributed by atoms with Crippen LogP contribution >= 0.6 is 11.6 Å². The number of rotatable bonds is 4. The number of nitrogens with one attached hydrogen (secondary N) is 1. The number of H-pyrrole nitrogens is 1. The van der Waals surface area contributed by atoms with Crippen LogP contribution in [-0.4, -0.2) is 24.7 Å². The van der Waals surface area contributed by atoms with E-state index >= 15 is 0 Å². The molecule has 1 aliphatic rings. The third kappa shape index (κ3) is 2.92. The topological polar surface area (TPSA) is 85.4 Å². The fourth-order valence-corrected chi connectivity index (χ4v) is 4.20. The molecule has 0 spiro atoms. The second kappa shape index (κ2) is 6.09. The normalized spacial score (nSPS) is 21.0. The number of aromatic amines is 1. The van der Waals surface area contributed by atoms with Crippen LogP contribution < -0.4 is 5.73 Å². The van der Waals surface area contributed by atoms with Crippen LogP contribution in [0.4, 0.5) is 5.95 Å². The summed E-state index contributed by atoms with van der Waals surface area (Å²) in [6.45, 7) is 10.7. The Balaban J connectivity index is 1.83. The minimum Gasteiger partial charge on any atom is -0.369 e. The number of benzene rings is 1. The number of nitrogens with zero attached hydrogens (tertiary/aromatic N) is 4. The van der Waals surface area contributed by atoms with Crippen LogP contribution in [0.15, 0.2) is 24.3 Å². The lowest BCUT2D eigenvalue weighted by Crippen LogP contribution is -2.04. The lowest BCUT2D eigenvalue weighted by Gasteiger charge is -2.07. The molecular formula is C20H25ClN6. The van der Waals surface area contributed by atoms with Gasteiger partial charge in [-0.25, -0.2) is 14.6 Å². The van der Waals surface area contributed by atoms with E-state index in [2.05, 4.69) is 37.7 Å². The molecule has 6 nitrogen and oxygen atoms in total. The van der Waals surface area contributed by atoms with Gasteiger partial charge in [-0.05, 0) is 30.5 Å². The lowest BCUT2D eigenvalue weighted by molar-refractivity contribution is 0.584. The maximum absolute atomic E-state index is 6.23. The van der Waals surface area contributed by atoms with E-state index < -0.39 is 0 Å².